The van der Waals surface area contributed by atoms with Crippen LogP contribution in [0, 0.1) is 0 Å². The van der Waals surface area contributed by atoms with Gasteiger partial charge in [0.05, 0.1) is 4.90 Å². The zero-order chi connectivity index (χ0) is 13.3. The number of nitrogens with one attached hydrogen (secondary N) is 1. The van der Waals surface area contributed by atoms with Crippen molar-refractivity contribution in [1.82, 2.24) is 25.0 Å². The maximum Gasteiger partial charge on any atom is 0.339 e. The summed E-state index contributed by atoms with van der Waals surface area (Å²) < 4.78 is 1.30. The van der Waals surface area contributed by atoms with Crippen LogP contribution in [0.2, 0.25) is 10.3 Å². The Morgan fingerprint density at radius 1 is 1.33 bits per heavy atom. The van der Waals surface area contributed by atoms with E-state index in [2.05, 4.69) is 20.3 Å². The number of hydrogen-bond donors (Lipinski definition) is 1. The highest BCUT2D eigenvalue weighted by molar-refractivity contribution is 7.99. The summed E-state index contributed by atoms with van der Waals surface area (Å²) in [6.45, 7) is 0. The van der Waals surface area contributed by atoms with Crippen LogP contribution in [0.1, 0.15) is 0 Å². The van der Waals surface area contributed by atoms with E-state index in [0.717, 1.165) is 11.8 Å². The average Bonchev–Trinajstić information content (AvgIpc) is 2.30. The molecule has 2 aromatic heterocycles. The molecule has 0 aliphatic rings. The molecule has 0 aliphatic heterocycles. The number of aromatic amines is 1. The van der Waals surface area contributed by atoms with Crippen LogP contribution in [0.15, 0.2) is 25.7 Å². The van der Waals surface area contributed by atoms with Crippen molar-refractivity contribution in [2.75, 3.05) is 0 Å². The molecule has 2 heterocycles. The second-order valence-electron chi connectivity index (χ2n) is 3.12. The number of aryl methyl sites for hydroxylation is 1. The molecule has 10 heteroatoms. The third kappa shape index (κ3) is 2.71. The van der Waals surface area contributed by atoms with Gasteiger partial charge in [0.15, 0.2) is 15.5 Å². The van der Waals surface area contributed by atoms with Gasteiger partial charge in [0.2, 0.25) is 0 Å². The lowest BCUT2D eigenvalue weighted by Crippen LogP contribution is -2.33. The fourth-order valence-corrected chi connectivity index (χ4v) is 2.28. The summed E-state index contributed by atoms with van der Waals surface area (Å²) in [5.41, 5.74) is -1.67. The number of nitrogens with zero attached hydrogens (tertiary/aromatic N) is 4. The highest BCUT2D eigenvalue weighted by Crippen LogP contribution is 2.30. The van der Waals surface area contributed by atoms with Crippen molar-refractivity contribution in [1.29, 1.82) is 0 Å². The van der Waals surface area contributed by atoms with Gasteiger partial charge in [-0.3, -0.25) is 19.4 Å². The molecule has 7 nitrogen and oxygen atoms in total. The second kappa shape index (κ2) is 5.09. The molecule has 0 amide bonds. The molecule has 0 radical (unpaired) electrons. The Labute approximate surface area is 114 Å². The molecule has 2 aromatic rings. The maximum atomic E-state index is 11.2. The molecule has 0 saturated heterocycles. The summed E-state index contributed by atoms with van der Waals surface area (Å²) in [4.78, 5) is 26.3. The van der Waals surface area contributed by atoms with Gasteiger partial charge < -0.3 is 0 Å². The van der Waals surface area contributed by atoms with Crippen molar-refractivity contribution in [2.24, 2.45) is 7.05 Å². The molecule has 0 spiro atoms. The van der Waals surface area contributed by atoms with Gasteiger partial charge in [0.1, 0.15) is 0 Å². The molecular weight excluding hydrogens is 301 g/mol. The SMILES string of the molecule is Cn1[nH]c(=O)c(=O)nc1Sc1cc(Cl)nnc1Cl. The van der Waals surface area contributed by atoms with E-state index in [-0.39, 0.29) is 15.5 Å². The summed E-state index contributed by atoms with van der Waals surface area (Å²) in [7, 11) is 1.54. The smallest absolute Gasteiger partial charge is 0.265 e. The molecule has 0 fully saturated rings. The van der Waals surface area contributed by atoms with Crippen LogP contribution >= 0.6 is 35.0 Å². The first kappa shape index (κ1) is 13.1. The topological polar surface area (TPSA) is 93.5 Å². The fraction of sp³-hybridized carbons (Fsp3) is 0.125. The van der Waals surface area contributed by atoms with Crippen LogP contribution in [0.5, 0.6) is 0 Å². The summed E-state index contributed by atoms with van der Waals surface area (Å²) in [6.07, 6.45) is 0. The zero-order valence-corrected chi connectivity index (χ0v) is 11.2. The van der Waals surface area contributed by atoms with Gasteiger partial charge in [0, 0.05) is 7.05 Å². The van der Waals surface area contributed by atoms with E-state index in [4.69, 9.17) is 23.2 Å². The number of H-pyrrole nitrogens is 1. The third-order valence-electron chi connectivity index (χ3n) is 1.84. The van der Waals surface area contributed by atoms with Gasteiger partial charge in [-0.05, 0) is 17.8 Å². The minimum Gasteiger partial charge on any atom is -0.265 e. The van der Waals surface area contributed by atoms with Crippen molar-refractivity contribution in [3.8, 4) is 0 Å². The monoisotopic (exact) mass is 305 g/mol. The Kier molecular flexibility index (Phi) is 3.69. The van der Waals surface area contributed by atoms with Gasteiger partial charge in [-0.15, -0.1) is 10.2 Å². The van der Waals surface area contributed by atoms with E-state index in [1.807, 2.05) is 0 Å². The highest BCUT2D eigenvalue weighted by Gasteiger charge is 2.11. The number of hydrogen-bond acceptors (Lipinski definition) is 6. The van der Waals surface area contributed by atoms with Crippen molar-refractivity contribution < 1.29 is 0 Å². The summed E-state index contributed by atoms with van der Waals surface area (Å²) in [5.74, 6) is 0. The zero-order valence-electron chi connectivity index (χ0n) is 8.85. The van der Waals surface area contributed by atoms with Crippen molar-refractivity contribution >= 4 is 35.0 Å². The van der Waals surface area contributed by atoms with Crippen LogP contribution in [0.25, 0.3) is 0 Å². The van der Waals surface area contributed by atoms with Crippen LogP contribution in [-0.4, -0.2) is 25.0 Å². The van der Waals surface area contributed by atoms with E-state index >= 15 is 0 Å². The highest BCUT2D eigenvalue weighted by atomic mass is 35.5. The first-order valence-corrected chi connectivity index (χ1v) is 6.08. The van der Waals surface area contributed by atoms with E-state index in [0.29, 0.717) is 4.90 Å². The number of halogens is 2. The van der Waals surface area contributed by atoms with Gasteiger partial charge in [-0.1, -0.05) is 23.2 Å². The molecule has 1 N–H and O–H groups in total. The van der Waals surface area contributed by atoms with Crippen LogP contribution in [-0.2, 0) is 7.05 Å². The minimum atomic E-state index is -0.875. The molecule has 94 valence electrons. The molecule has 0 saturated carbocycles. The predicted octanol–water partition coefficient (Wildman–Crippen LogP) is 0.717. The number of rotatable bonds is 2. The molecule has 18 heavy (non-hydrogen) atoms. The Hall–Kier alpha value is -1.38. The average molecular weight is 306 g/mol. The second-order valence-corrected chi connectivity index (χ2v) is 4.88. The molecular formula is C8H5Cl2N5O2S. The Morgan fingerprint density at radius 3 is 2.78 bits per heavy atom. The fourth-order valence-electron chi connectivity index (χ4n) is 1.06. The molecule has 0 bridgehead atoms. The standard InChI is InChI=1S/C8H5Cl2N5O2S/c1-15-8(11-6(16)7(17)14-15)18-3-2-4(9)12-13-5(3)10/h2H,1H3,(H,14,17). The van der Waals surface area contributed by atoms with Crippen LogP contribution < -0.4 is 11.1 Å². The Balaban J connectivity index is 2.46. The summed E-state index contributed by atoms with van der Waals surface area (Å²) >= 11 is 12.6. The first-order valence-electron chi connectivity index (χ1n) is 4.51. The lowest BCUT2D eigenvalue weighted by Gasteiger charge is -2.06. The van der Waals surface area contributed by atoms with Crippen LogP contribution in [0.3, 0.4) is 0 Å². The maximum absolute atomic E-state index is 11.2. The summed E-state index contributed by atoms with van der Waals surface area (Å²) in [5, 5.41) is 10.0. The molecule has 0 unspecified atom stereocenters. The van der Waals surface area contributed by atoms with Gasteiger partial charge in [-0.2, -0.15) is 4.98 Å². The molecule has 0 aromatic carbocycles. The molecule has 0 atom stereocenters. The first-order chi connectivity index (χ1) is 8.47. The minimum absolute atomic E-state index is 0.129. The quantitative estimate of drug-likeness (QED) is 0.822. The van der Waals surface area contributed by atoms with Crippen molar-refractivity contribution in [3.05, 3.63) is 37.1 Å². The lowest BCUT2D eigenvalue weighted by molar-refractivity contribution is 0.596. The van der Waals surface area contributed by atoms with E-state index < -0.39 is 11.1 Å². The number of aromatic nitrogens is 5. The van der Waals surface area contributed by atoms with Gasteiger partial charge in [0.25, 0.3) is 0 Å². The van der Waals surface area contributed by atoms with Crippen LogP contribution in [0.4, 0.5) is 0 Å². The molecule has 2 rings (SSSR count). The Morgan fingerprint density at radius 2 is 2.06 bits per heavy atom. The Bertz CT molecular complexity index is 713. The van der Waals surface area contributed by atoms with E-state index in [9.17, 15) is 9.59 Å². The normalized spacial score (nSPS) is 10.6. The third-order valence-corrected chi connectivity index (χ3v) is 3.49. The predicted molar refractivity (Wildman–Crippen MR) is 66.3 cm³/mol. The van der Waals surface area contributed by atoms with Gasteiger partial charge in [-0.25, -0.2) is 0 Å². The van der Waals surface area contributed by atoms with E-state index in [1.54, 1.807) is 7.05 Å². The lowest BCUT2D eigenvalue weighted by atomic mass is 10.6. The molecule has 0 aliphatic carbocycles. The van der Waals surface area contributed by atoms with E-state index in [1.165, 1.54) is 10.7 Å². The summed E-state index contributed by atoms with van der Waals surface area (Å²) in [6, 6.07) is 1.48. The van der Waals surface area contributed by atoms with Crippen molar-refractivity contribution in [2.45, 2.75) is 10.1 Å². The van der Waals surface area contributed by atoms with Gasteiger partial charge >= 0.3 is 11.1 Å². The largest absolute Gasteiger partial charge is 0.339 e. The van der Waals surface area contributed by atoms with Crippen molar-refractivity contribution in [3.63, 3.8) is 0 Å².